The van der Waals surface area contributed by atoms with E-state index >= 15 is 0 Å². The molecule has 0 atom stereocenters. The third-order valence-electron chi connectivity index (χ3n) is 5.48. The minimum atomic E-state index is -4.94. The number of anilines is 1. The maximum Gasteiger partial charge on any atom is 0.249 e. The SMILES string of the molecule is Cc1cc(C)cc(Cc2csc(N3CCN(S(=O)(=O)c4c(F)c(F)c(F)c(F)c4F)CC3)n2)c1. The summed E-state index contributed by atoms with van der Waals surface area (Å²) in [5, 5.41) is 2.57. The Morgan fingerprint density at radius 3 is 1.94 bits per heavy atom. The van der Waals surface area contributed by atoms with Crippen LogP contribution in [0.3, 0.4) is 0 Å². The number of sulfonamides is 1. The van der Waals surface area contributed by atoms with E-state index in [1.165, 1.54) is 11.3 Å². The van der Waals surface area contributed by atoms with Gasteiger partial charge in [-0.25, -0.2) is 35.4 Å². The minimum Gasteiger partial charge on any atom is -0.345 e. The highest BCUT2D eigenvalue weighted by Gasteiger charge is 2.38. The van der Waals surface area contributed by atoms with Crippen LogP contribution in [0.4, 0.5) is 27.1 Å². The molecule has 0 spiro atoms. The predicted molar refractivity (Wildman–Crippen MR) is 118 cm³/mol. The lowest BCUT2D eigenvalue weighted by Gasteiger charge is -2.33. The molecule has 4 rings (SSSR count). The lowest BCUT2D eigenvalue weighted by molar-refractivity contribution is 0.344. The molecule has 0 bridgehead atoms. The zero-order valence-corrected chi connectivity index (χ0v) is 19.8. The number of thiazole rings is 1. The smallest absolute Gasteiger partial charge is 0.249 e. The summed E-state index contributed by atoms with van der Waals surface area (Å²) >= 11 is 1.39. The summed E-state index contributed by atoms with van der Waals surface area (Å²) in [6, 6.07) is 6.24. The van der Waals surface area contributed by atoms with Crippen LogP contribution in [0.25, 0.3) is 0 Å². The van der Waals surface area contributed by atoms with Gasteiger partial charge in [0.1, 0.15) is 0 Å². The van der Waals surface area contributed by atoms with Gasteiger partial charge in [0.2, 0.25) is 15.8 Å². The van der Waals surface area contributed by atoms with E-state index < -0.39 is 44.0 Å². The van der Waals surface area contributed by atoms with E-state index in [0.717, 1.165) is 22.4 Å². The van der Waals surface area contributed by atoms with Gasteiger partial charge in [-0.1, -0.05) is 29.3 Å². The molecule has 2 aromatic carbocycles. The van der Waals surface area contributed by atoms with Crippen molar-refractivity contribution < 1.29 is 30.4 Å². The molecule has 1 saturated heterocycles. The Labute approximate surface area is 197 Å². The van der Waals surface area contributed by atoms with E-state index in [4.69, 9.17) is 0 Å². The van der Waals surface area contributed by atoms with Crippen LogP contribution in [0, 0.1) is 42.9 Å². The number of piperazine rings is 1. The predicted octanol–water partition coefficient (Wildman–Crippen LogP) is 4.56. The summed E-state index contributed by atoms with van der Waals surface area (Å²) < 4.78 is 94.6. The molecule has 0 aliphatic carbocycles. The molecule has 0 N–H and O–H groups in total. The van der Waals surface area contributed by atoms with Crippen molar-refractivity contribution in [1.82, 2.24) is 9.29 Å². The fraction of sp³-hybridized carbons (Fsp3) is 0.318. The molecule has 5 nitrogen and oxygen atoms in total. The van der Waals surface area contributed by atoms with Crippen molar-refractivity contribution in [2.24, 2.45) is 0 Å². The van der Waals surface area contributed by atoms with Crippen LogP contribution >= 0.6 is 11.3 Å². The van der Waals surface area contributed by atoms with Gasteiger partial charge in [0, 0.05) is 38.0 Å². The first-order chi connectivity index (χ1) is 16.0. The molecule has 34 heavy (non-hydrogen) atoms. The van der Waals surface area contributed by atoms with Crippen molar-refractivity contribution in [3.05, 3.63) is 75.0 Å². The molecule has 1 aromatic heterocycles. The normalized spacial score (nSPS) is 15.2. The maximum absolute atomic E-state index is 14.1. The zero-order chi connectivity index (χ0) is 24.8. The van der Waals surface area contributed by atoms with E-state index in [9.17, 15) is 30.4 Å². The van der Waals surface area contributed by atoms with Gasteiger partial charge in [0.25, 0.3) is 0 Å². The Morgan fingerprint density at radius 2 is 1.38 bits per heavy atom. The number of halogens is 5. The van der Waals surface area contributed by atoms with Gasteiger partial charge < -0.3 is 4.90 Å². The molecule has 0 saturated carbocycles. The molecule has 1 aliphatic heterocycles. The summed E-state index contributed by atoms with van der Waals surface area (Å²) in [7, 11) is -4.94. The number of aromatic nitrogens is 1. The van der Waals surface area contributed by atoms with Gasteiger partial charge >= 0.3 is 0 Å². The summed E-state index contributed by atoms with van der Waals surface area (Å²) in [4.78, 5) is 4.60. The average molecular weight is 518 g/mol. The number of benzene rings is 2. The van der Waals surface area contributed by atoms with Crippen LogP contribution < -0.4 is 4.90 Å². The van der Waals surface area contributed by atoms with Crippen molar-refractivity contribution in [3.63, 3.8) is 0 Å². The largest absolute Gasteiger partial charge is 0.345 e. The van der Waals surface area contributed by atoms with E-state index in [1.54, 1.807) is 0 Å². The Bertz CT molecular complexity index is 1300. The van der Waals surface area contributed by atoms with Crippen LogP contribution in [-0.4, -0.2) is 43.9 Å². The van der Waals surface area contributed by atoms with Crippen molar-refractivity contribution >= 4 is 26.5 Å². The monoisotopic (exact) mass is 517 g/mol. The third kappa shape index (κ3) is 4.53. The van der Waals surface area contributed by atoms with Crippen molar-refractivity contribution in [2.45, 2.75) is 25.2 Å². The van der Waals surface area contributed by atoms with Gasteiger partial charge in [0.15, 0.2) is 33.3 Å². The van der Waals surface area contributed by atoms with E-state index in [-0.39, 0.29) is 26.2 Å². The quantitative estimate of drug-likeness (QED) is 0.283. The summed E-state index contributed by atoms with van der Waals surface area (Å²) in [6.45, 7) is 3.92. The van der Waals surface area contributed by atoms with E-state index in [2.05, 4.69) is 23.2 Å². The number of rotatable bonds is 5. The number of hydrogen-bond acceptors (Lipinski definition) is 5. The van der Waals surface area contributed by atoms with Crippen molar-refractivity contribution in [3.8, 4) is 0 Å². The molecule has 2 heterocycles. The third-order valence-corrected chi connectivity index (χ3v) is 8.35. The van der Waals surface area contributed by atoms with Gasteiger partial charge in [0.05, 0.1) is 5.69 Å². The van der Waals surface area contributed by atoms with Gasteiger partial charge in [-0.3, -0.25) is 0 Å². The maximum atomic E-state index is 14.1. The average Bonchev–Trinajstić information content (AvgIpc) is 3.24. The Morgan fingerprint density at radius 1 is 0.853 bits per heavy atom. The van der Waals surface area contributed by atoms with Crippen LogP contribution in [-0.2, 0) is 16.4 Å². The molecule has 3 aromatic rings. The minimum absolute atomic E-state index is 0.144. The summed E-state index contributed by atoms with van der Waals surface area (Å²) in [6.07, 6.45) is 0.633. The Balaban J connectivity index is 1.48. The molecular formula is C22H20F5N3O2S2. The Kier molecular flexibility index (Phi) is 6.67. The van der Waals surface area contributed by atoms with Crippen LogP contribution in [0.2, 0.25) is 0 Å². The van der Waals surface area contributed by atoms with Crippen molar-refractivity contribution in [2.75, 3.05) is 31.1 Å². The lowest BCUT2D eigenvalue weighted by atomic mass is 10.0. The number of aryl methyl sites for hydroxylation is 2. The lowest BCUT2D eigenvalue weighted by Crippen LogP contribution is -2.49. The highest BCUT2D eigenvalue weighted by atomic mass is 32.2. The number of nitrogens with zero attached hydrogens (tertiary/aromatic N) is 3. The molecule has 0 amide bonds. The first-order valence-electron chi connectivity index (χ1n) is 10.3. The highest BCUT2D eigenvalue weighted by Crippen LogP contribution is 2.30. The Hall–Kier alpha value is -2.57. The second-order valence-electron chi connectivity index (χ2n) is 8.08. The van der Waals surface area contributed by atoms with Gasteiger partial charge in [-0.15, -0.1) is 11.3 Å². The van der Waals surface area contributed by atoms with Crippen LogP contribution in [0.1, 0.15) is 22.4 Å². The molecule has 12 heteroatoms. The van der Waals surface area contributed by atoms with E-state index in [0.29, 0.717) is 15.9 Å². The fourth-order valence-electron chi connectivity index (χ4n) is 3.96. The first-order valence-corrected chi connectivity index (χ1v) is 12.6. The zero-order valence-electron chi connectivity index (χ0n) is 18.2. The second kappa shape index (κ2) is 9.23. The number of hydrogen-bond donors (Lipinski definition) is 0. The fourth-order valence-corrected chi connectivity index (χ4v) is 6.38. The topological polar surface area (TPSA) is 53.5 Å². The van der Waals surface area contributed by atoms with Crippen molar-refractivity contribution in [1.29, 1.82) is 0 Å². The standard InChI is InChI=1S/C22H20F5N3O2S2/c1-12-7-13(2)9-14(8-12)10-15-11-33-22(28-15)29-3-5-30(6-4-29)34(31,32)21-19(26)17(24)16(23)18(25)20(21)27/h7-9,11H,3-6,10H2,1-2H3. The molecule has 1 fully saturated rings. The summed E-state index contributed by atoms with van der Waals surface area (Å²) in [5.41, 5.74) is 4.27. The van der Waals surface area contributed by atoms with Gasteiger partial charge in [-0.2, -0.15) is 4.31 Å². The highest BCUT2D eigenvalue weighted by molar-refractivity contribution is 7.89. The molecule has 182 valence electrons. The summed E-state index contributed by atoms with van der Waals surface area (Å²) in [5.74, 6) is -11.7. The van der Waals surface area contributed by atoms with Crippen LogP contribution in [0.5, 0.6) is 0 Å². The van der Waals surface area contributed by atoms with Crippen LogP contribution in [0.15, 0.2) is 28.5 Å². The van der Waals surface area contributed by atoms with E-state index in [1.807, 2.05) is 24.1 Å². The molecule has 0 radical (unpaired) electrons. The van der Waals surface area contributed by atoms with Gasteiger partial charge in [-0.05, 0) is 19.4 Å². The molecule has 1 aliphatic rings. The second-order valence-corrected chi connectivity index (χ2v) is 10.8. The first kappa shape index (κ1) is 24.6. The molecule has 0 unspecified atom stereocenters. The molecular weight excluding hydrogens is 497 g/mol.